The van der Waals surface area contributed by atoms with E-state index >= 15 is 0 Å². The molecule has 0 spiro atoms. The highest BCUT2D eigenvalue weighted by Crippen LogP contribution is 2.20. The maximum atomic E-state index is 13.2. The molecule has 17 nitrogen and oxygen atoms in total. The zero-order valence-corrected chi connectivity index (χ0v) is 28.3. The summed E-state index contributed by atoms with van der Waals surface area (Å²) >= 11 is 2.98. The standard InChI is InChI=1S/C30H34BrN11O6/c1-16(31)26(44)37-24-12-23(42(6)38-24)30(48)36-19-11-22(41(5)15-19)29(47)35-18-10-21(40(4)14-18)28(46)34-17-9-20(39(3)13-17)27(45)33-8-7-25(43)32-2/h9-15H,1,7-8H2,2-6H3,(H,32,43)(H,33,45)(H,34,46)(H,35,47)(H,36,48)(H,37,38,44). The van der Waals surface area contributed by atoms with Crippen molar-refractivity contribution in [2.75, 3.05) is 34.9 Å². The Morgan fingerprint density at radius 3 is 1.56 bits per heavy atom. The molecule has 4 heterocycles. The average molecular weight is 725 g/mol. The molecule has 0 saturated heterocycles. The van der Waals surface area contributed by atoms with Gasteiger partial charge in [0.05, 0.1) is 21.5 Å². The SMILES string of the molecule is C=C(Br)C(=O)Nc1cc(C(=O)Nc2cc(C(=O)Nc3cc(C(=O)Nc4cc(C(=O)NCCC(=O)NC)n(C)c4)n(C)c3)n(C)c2)n(C)n1. The van der Waals surface area contributed by atoms with Gasteiger partial charge in [-0.2, -0.15) is 5.10 Å². The van der Waals surface area contributed by atoms with E-state index in [1.807, 2.05) is 0 Å². The Labute approximate surface area is 282 Å². The van der Waals surface area contributed by atoms with Crippen LogP contribution >= 0.6 is 15.9 Å². The van der Waals surface area contributed by atoms with Crippen molar-refractivity contribution in [1.29, 1.82) is 0 Å². The number of nitrogens with zero attached hydrogens (tertiary/aromatic N) is 5. The monoisotopic (exact) mass is 723 g/mol. The summed E-state index contributed by atoms with van der Waals surface area (Å²) in [7, 11) is 7.98. The highest BCUT2D eigenvalue weighted by Gasteiger charge is 2.20. The summed E-state index contributed by atoms with van der Waals surface area (Å²) in [6, 6.07) is 5.89. The first-order chi connectivity index (χ1) is 22.7. The summed E-state index contributed by atoms with van der Waals surface area (Å²) < 4.78 is 6.02. The smallest absolute Gasteiger partial charge is 0.274 e. The Morgan fingerprint density at radius 2 is 1.12 bits per heavy atom. The van der Waals surface area contributed by atoms with Crippen LogP contribution in [0.1, 0.15) is 48.4 Å². The number of aromatic nitrogens is 5. The Bertz CT molecular complexity index is 1950. The lowest BCUT2D eigenvalue weighted by Crippen LogP contribution is -2.30. The van der Waals surface area contributed by atoms with Gasteiger partial charge in [0.1, 0.15) is 22.8 Å². The average Bonchev–Trinajstić information content (AvgIpc) is 3.78. The third-order valence-corrected chi connectivity index (χ3v) is 7.36. The fourth-order valence-electron chi connectivity index (χ4n) is 4.59. The van der Waals surface area contributed by atoms with Crippen molar-refractivity contribution in [3.63, 3.8) is 0 Å². The third-order valence-electron chi connectivity index (χ3n) is 7.00. The van der Waals surface area contributed by atoms with Gasteiger partial charge in [0, 0.05) is 72.9 Å². The summed E-state index contributed by atoms with van der Waals surface area (Å²) in [6.07, 6.45) is 4.84. The van der Waals surface area contributed by atoms with Gasteiger partial charge in [0.25, 0.3) is 29.5 Å². The molecule has 252 valence electrons. The topological polar surface area (TPSA) is 207 Å². The third kappa shape index (κ3) is 8.27. The van der Waals surface area contributed by atoms with Crippen molar-refractivity contribution in [1.82, 2.24) is 34.1 Å². The number of amides is 6. The molecular formula is C30H34BrN11O6. The van der Waals surface area contributed by atoms with E-state index in [1.54, 1.807) is 51.3 Å². The van der Waals surface area contributed by atoms with Gasteiger partial charge in [-0.1, -0.05) is 6.58 Å². The molecule has 4 aromatic heterocycles. The number of aryl methyl sites for hydroxylation is 4. The number of anilines is 4. The summed E-state index contributed by atoms with van der Waals surface area (Å²) in [6.45, 7) is 3.65. The minimum atomic E-state index is -0.522. The van der Waals surface area contributed by atoms with Gasteiger partial charge in [-0.3, -0.25) is 33.4 Å². The van der Waals surface area contributed by atoms with Crippen LogP contribution in [0.15, 0.2) is 53.9 Å². The first-order valence-electron chi connectivity index (χ1n) is 14.3. The van der Waals surface area contributed by atoms with Crippen molar-refractivity contribution in [2.24, 2.45) is 28.2 Å². The molecule has 6 N–H and O–H groups in total. The molecule has 4 rings (SSSR count). The van der Waals surface area contributed by atoms with Gasteiger partial charge in [0.15, 0.2) is 5.82 Å². The normalized spacial score (nSPS) is 10.6. The predicted octanol–water partition coefficient (Wildman–Crippen LogP) is 1.91. The second-order valence-electron chi connectivity index (χ2n) is 10.6. The Morgan fingerprint density at radius 1 is 0.688 bits per heavy atom. The molecule has 0 radical (unpaired) electrons. The van der Waals surface area contributed by atoms with Gasteiger partial charge < -0.3 is 45.6 Å². The van der Waals surface area contributed by atoms with Crippen molar-refractivity contribution < 1.29 is 28.8 Å². The number of rotatable bonds is 12. The van der Waals surface area contributed by atoms with Crippen molar-refractivity contribution in [2.45, 2.75) is 6.42 Å². The molecule has 0 bridgehead atoms. The molecule has 0 atom stereocenters. The minimum absolute atomic E-state index is 0.102. The number of halogens is 1. The van der Waals surface area contributed by atoms with E-state index in [2.05, 4.69) is 59.5 Å². The van der Waals surface area contributed by atoms with Crippen LogP contribution in [-0.2, 0) is 37.8 Å². The summed E-state index contributed by atoms with van der Waals surface area (Å²) in [4.78, 5) is 74.9. The molecule has 0 aliphatic carbocycles. The zero-order valence-electron chi connectivity index (χ0n) is 26.7. The summed E-state index contributed by atoms with van der Waals surface area (Å²) in [5, 5.41) is 20.0. The van der Waals surface area contributed by atoms with Gasteiger partial charge in [0.2, 0.25) is 5.91 Å². The van der Waals surface area contributed by atoms with E-state index in [0.29, 0.717) is 17.1 Å². The van der Waals surface area contributed by atoms with Crippen LogP contribution in [0.4, 0.5) is 22.9 Å². The van der Waals surface area contributed by atoms with Crippen LogP contribution in [-0.4, -0.2) is 72.5 Å². The highest BCUT2D eigenvalue weighted by atomic mass is 79.9. The maximum absolute atomic E-state index is 13.2. The highest BCUT2D eigenvalue weighted by molar-refractivity contribution is 9.12. The second-order valence-corrected chi connectivity index (χ2v) is 11.6. The molecule has 6 amide bonds. The molecule has 0 aliphatic heterocycles. The molecule has 48 heavy (non-hydrogen) atoms. The molecule has 0 aliphatic rings. The molecular weight excluding hydrogens is 690 g/mol. The van der Waals surface area contributed by atoms with Crippen molar-refractivity contribution in [3.8, 4) is 0 Å². The van der Waals surface area contributed by atoms with Crippen LogP contribution in [0, 0.1) is 0 Å². The van der Waals surface area contributed by atoms with Gasteiger partial charge in [-0.05, 0) is 34.1 Å². The predicted molar refractivity (Wildman–Crippen MR) is 181 cm³/mol. The van der Waals surface area contributed by atoms with Crippen LogP contribution in [0.3, 0.4) is 0 Å². The Balaban J connectivity index is 1.37. The van der Waals surface area contributed by atoms with E-state index in [9.17, 15) is 28.8 Å². The first-order valence-corrected chi connectivity index (χ1v) is 15.1. The Hall–Kier alpha value is -5.91. The van der Waals surface area contributed by atoms with Gasteiger partial charge >= 0.3 is 0 Å². The number of nitrogens with one attached hydrogen (secondary N) is 6. The molecule has 18 heteroatoms. The van der Waals surface area contributed by atoms with Crippen molar-refractivity contribution in [3.05, 3.63) is 76.7 Å². The zero-order chi connectivity index (χ0) is 35.3. The van der Waals surface area contributed by atoms with E-state index in [4.69, 9.17) is 0 Å². The number of hydrogen-bond acceptors (Lipinski definition) is 7. The Kier molecular flexibility index (Phi) is 10.7. The summed E-state index contributed by atoms with van der Waals surface area (Å²) in [5.41, 5.74) is 1.96. The van der Waals surface area contributed by atoms with Crippen molar-refractivity contribution >= 4 is 74.3 Å². The lowest BCUT2D eigenvalue weighted by molar-refractivity contribution is -0.120. The first kappa shape index (κ1) is 35.0. The van der Waals surface area contributed by atoms with Gasteiger partial charge in [-0.25, -0.2) is 0 Å². The van der Waals surface area contributed by atoms with E-state index in [1.165, 1.54) is 45.1 Å². The van der Waals surface area contributed by atoms with Crippen LogP contribution in [0.2, 0.25) is 0 Å². The fraction of sp³-hybridized carbons (Fsp3) is 0.233. The lowest BCUT2D eigenvalue weighted by Gasteiger charge is -2.05. The van der Waals surface area contributed by atoms with Gasteiger partial charge in [-0.15, -0.1) is 0 Å². The molecule has 0 aromatic carbocycles. The lowest BCUT2D eigenvalue weighted by atomic mass is 10.3. The van der Waals surface area contributed by atoms with E-state index < -0.39 is 29.5 Å². The van der Waals surface area contributed by atoms with E-state index in [0.717, 1.165) is 0 Å². The van der Waals surface area contributed by atoms with Crippen LogP contribution in [0.25, 0.3) is 0 Å². The molecule has 0 saturated carbocycles. The van der Waals surface area contributed by atoms with Crippen LogP contribution < -0.4 is 31.9 Å². The molecule has 0 unspecified atom stereocenters. The molecule has 0 fully saturated rings. The summed E-state index contributed by atoms with van der Waals surface area (Å²) in [5.74, 6) is -2.44. The minimum Gasteiger partial charge on any atom is -0.359 e. The largest absolute Gasteiger partial charge is 0.359 e. The van der Waals surface area contributed by atoms with E-state index in [-0.39, 0.29) is 51.9 Å². The fourth-order valence-corrected chi connectivity index (χ4v) is 4.69. The number of hydrogen-bond donors (Lipinski definition) is 6. The van der Waals surface area contributed by atoms with Crippen LogP contribution in [0.5, 0.6) is 0 Å². The maximum Gasteiger partial charge on any atom is 0.274 e. The number of carbonyl (C=O) groups excluding carboxylic acids is 6. The second kappa shape index (κ2) is 14.7. The number of carbonyl (C=O) groups is 6. The molecule has 4 aromatic rings. The quantitative estimate of drug-likeness (QED) is 0.120.